The van der Waals surface area contributed by atoms with E-state index >= 15 is 0 Å². The fourth-order valence-corrected chi connectivity index (χ4v) is 4.08. The average molecular weight is 427 g/mol. The van der Waals surface area contributed by atoms with Gasteiger partial charge in [0.15, 0.2) is 17.3 Å². The van der Waals surface area contributed by atoms with E-state index in [1.165, 1.54) is 7.11 Å². The molecule has 0 aromatic heterocycles. The largest absolute Gasteiger partial charge is 0.504 e. The van der Waals surface area contributed by atoms with E-state index in [0.29, 0.717) is 17.7 Å². The van der Waals surface area contributed by atoms with Crippen LogP contribution in [-0.4, -0.2) is 37.2 Å². The number of Topliss-reactive ketones (excluding diaryl/α,β-unsaturated/α-hetero) is 1. The zero-order valence-corrected chi connectivity index (χ0v) is 18.4. The molecule has 0 radical (unpaired) electrons. The van der Waals surface area contributed by atoms with Crippen LogP contribution in [0.2, 0.25) is 0 Å². The Labute approximate surface area is 183 Å². The molecular formula is C25H30O6. The number of phenols is 1. The van der Waals surface area contributed by atoms with Crippen LogP contribution in [-0.2, 0) is 16.0 Å². The molecule has 0 unspecified atom stereocenters. The van der Waals surface area contributed by atoms with Gasteiger partial charge in [-0.3, -0.25) is 9.59 Å². The third-order valence-electron chi connectivity index (χ3n) is 5.73. The first-order valence-electron chi connectivity index (χ1n) is 10.8. The lowest BCUT2D eigenvalue weighted by atomic mass is 9.95. The fourth-order valence-electron chi connectivity index (χ4n) is 4.08. The third-order valence-corrected chi connectivity index (χ3v) is 5.73. The Balaban J connectivity index is 1.81. The van der Waals surface area contributed by atoms with E-state index < -0.39 is 0 Å². The minimum atomic E-state index is -0.170. The quantitative estimate of drug-likeness (QED) is 0.347. The van der Waals surface area contributed by atoms with Gasteiger partial charge in [0.05, 0.1) is 13.0 Å². The molecule has 6 heteroatoms. The normalized spacial score (nSPS) is 13.8. The first kappa shape index (κ1) is 22.7. The molecule has 0 heterocycles. The van der Waals surface area contributed by atoms with E-state index in [2.05, 4.69) is 0 Å². The van der Waals surface area contributed by atoms with Crippen LogP contribution in [0.3, 0.4) is 0 Å². The van der Waals surface area contributed by atoms with E-state index in [1.807, 2.05) is 25.1 Å². The number of ether oxygens (including phenoxy) is 3. The van der Waals surface area contributed by atoms with Crippen molar-refractivity contribution < 1.29 is 28.9 Å². The van der Waals surface area contributed by atoms with Gasteiger partial charge in [-0.1, -0.05) is 38.0 Å². The van der Waals surface area contributed by atoms with Gasteiger partial charge in [-0.05, 0) is 49.4 Å². The summed E-state index contributed by atoms with van der Waals surface area (Å²) in [4.78, 5) is 24.0. The molecule has 1 fully saturated rings. The predicted octanol–water partition coefficient (Wildman–Crippen LogP) is 4.95. The Kier molecular flexibility index (Phi) is 7.55. The minimum Gasteiger partial charge on any atom is -0.504 e. The van der Waals surface area contributed by atoms with Gasteiger partial charge in [0.2, 0.25) is 5.75 Å². The Morgan fingerprint density at radius 1 is 1.06 bits per heavy atom. The van der Waals surface area contributed by atoms with E-state index in [1.54, 1.807) is 19.1 Å². The number of methoxy groups -OCH3 is 1. The van der Waals surface area contributed by atoms with E-state index in [4.69, 9.17) is 14.2 Å². The lowest BCUT2D eigenvalue weighted by Gasteiger charge is -2.18. The van der Waals surface area contributed by atoms with E-state index in [-0.39, 0.29) is 42.4 Å². The van der Waals surface area contributed by atoms with Crippen LogP contribution in [0, 0.1) is 5.92 Å². The average Bonchev–Trinajstić information content (AvgIpc) is 3.31. The summed E-state index contributed by atoms with van der Waals surface area (Å²) >= 11 is 0. The minimum absolute atomic E-state index is 0.00174. The van der Waals surface area contributed by atoms with E-state index in [0.717, 1.165) is 42.4 Å². The van der Waals surface area contributed by atoms with Crippen molar-refractivity contribution in [3.63, 3.8) is 0 Å². The van der Waals surface area contributed by atoms with Gasteiger partial charge in [0.25, 0.3) is 0 Å². The standard InChI is InChI=1S/C25H30O6/c1-4-17-15-19(9-10-20(17)16(2)26)21-11-12-22(27)24(29-3)23(21)30-13-14-31-25(28)18-7-5-6-8-18/h9-12,15,18,27H,4-8,13-14H2,1-3H3. The lowest BCUT2D eigenvalue weighted by Crippen LogP contribution is -2.18. The number of ketones is 1. The first-order chi connectivity index (χ1) is 15.0. The lowest BCUT2D eigenvalue weighted by molar-refractivity contribution is -0.149. The highest BCUT2D eigenvalue weighted by molar-refractivity contribution is 5.96. The van der Waals surface area contributed by atoms with Crippen LogP contribution in [0.1, 0.15) is 55.5 Å². The van der Waals surface area contributed by atoms with Gasteiger partial charge < -0.3 is 19.3 Å². The SMILES string of the molecule is CCc1cc(-c2ccc(O)c(OC)c2OCCOC(=O)C2CCCC2)ccc1C(C)=O. The zero-order valence-electron chi connectivity index (χ0n) is 18.4. The van der Waals surface area contributed by atoms with Crippen molar-refractivity contribution >= 4 is 11.8 Å². The monoisotopic (exact) mass is 426 g/mol. The molecule has 0 aliphatic heterocycles. The molecule has 0 amide bonds. The summed E-state index contributed by atoms with van der Waals surface area (Å²) in [5.74, 6) is 0.396. The van der Waals surface area contributed by atoms with Crippen molar-refractivity contribution in [3.05, 3.63) is 41.5 Å². The molecule has 3 rings (SSSR count). The van der Waals surface area contributed by atoms with Crippen molar-refractivity contribution in [3.8, 4) is 28.4 Å². The van der Waals surface area contributed by atoms with Crippen LogP contribution in [0.15, 0.2) is 30.3 Å². The molecule has 1 aliphatic carbocycles. The zero-order chi connectivity index (χ0) is 22.4. The summed E-state index contributed by atoms with van der Waals surface area (Å²) < 4.78 is 16.7. The predicted molar refractivity (Wildman–Crippen MR) is 118 cm³/mol. The van der Waals surface area contributed by atoms with Crippen LogP contribution in [0.4, 0.5) is 0 Å². The number of carbonyl (C=O) groups is 2. The second kappa shape index (κ2) is 10.3. The molecule has 0 saturated heterocycles. The number of rotatable bonds is 9. The van der Waals surface area contributed by atoms with Crippen LogP contribution >= 0.6 is 0 Å². The second-order valence-corrected chi connectivity index (χ2v) is 7.77. The maximum atomic E-state index is 12.1. The third kappa shape index (κ3) is 5.19. The summed E-state index contributed by atoms with van der Waals surface area (Å²) in [6.07, 6.45) is 4.64. The van der Waals surface area contributed by atoms with Crippen LogP contribution < -0.4 is 9.47 Å². The molecule has 1 saturated carbocycles. The van der Waals surface area contributed by atoms with Gasteiger partial charge in [0, 0.05) is 11.1 Å². The molecular weight excluding hydrogens is 396 g/mol. The number of aromatic hydroxyl groups is 1. The van der Waals surface area contributed by atoms with Crippen molar-refractivity contribution in [2.45, 2.75) is 46.0 Å². The number of hydrogen-bond donors (Lipinski definition) is 1. The highest BCUT2D eigenvalue weighted by Crippen LogP contribution is 2.44. The molecule has 6 nitrogen and oxygen atoms in total. The Morgan fingerprint density at radius 2 is 1.81 bits per heavy atom. The van der Waals surface area contributed by atoms with Gasteiger partial charge in [-0.2, -0.15) is 0 Å². The topological polar surface area (TPSA) is 82.1 Å². The maximum Gasteiger partial charge on any atom is 0.309 e. The molecule has 2 aromatic carbocycles. The molecule has 1 N–H and O–H groups in total. The van der Waals surface area contributed by atoms with Crippen molar-refractivity contribution in [2.24, 2.45) is 5.92 Å². The molecule has 0 atom stereocenters. The van der Waals surface area contributed by atoms with Crippen LogP contribution in [0.5, 0.6) is 17.2 Å². The fraction of sp³-hybridized carbons (Fsp3) is 0.440. The Bertz CT molecular complexity index is 943. The number of esters is 1. The van der Waals surface area contributed by atoms with Gasteiger partial charge in [-0.15, -0.1) is 0 Å². The second-order valence-electron chi connectivity index (χ2n) is 7.77. The number of carbonyl (C=O) groups excluding carboxylic acids is 2. The smallest absolute Gasteiger partial charge is 0.309 e. The van der Waals surface area contributed by atoms with Crippen molar-refractivity contribution in [1.29, 1.82) is 0 Å². The molecule has 31 heavy (non-hydrogen) atoms. The molecule has 0 bridgehead atoms. The maximum absolute atomic E-state index is 12.1. The van der Waals surface area contributed by atoms with Gasteiger partial charge in [-0.25, -0.2) is 0 Å². The number of hydrogen-bond acceptors (Lipinski definition) is 6. The Morgan fingerprint density at radius 3 is 2.45 bits per heavy atom. The van der Waals surface area contributed by atoms with Crippen LogP contribution in [0.25, 0.3) is 11.1 Å². The summed E-state index contributed by atoms with van der Waals surface area (Å²) in [5.41, 5.74) is 3.20. The Hall–Kier alpha value is -3.02. The summed E-state index contributed by atoms with van der Waals surface area (Å²) in [6.45, 7) is 3.81. The molecule has 1 aliphatic rings. The van der Waals surface area contributed by atoms with Gasteiger partial charge >= 0.3 is 5.97 Å². The summed E-state index contributed by atoms with van der Waals surface area (Å²) in [6, 6.07) is 8.92. The van der Waals surface area contributed by atoms with Gasteiger partial charge in [0.1, 0.15) is 13.2 Å². The first-order valence-corrected chi connectivity index (χ1v) is 10.8. The molecule has 0 spiro atoms. The number of benzene rings is 2. The summed E-state index contributed by atoms with van der Waals surface area (Å²) in [5, 5.41) is 10.2. The number of phenolic OH excluding ortho intramolecular Hbond substituents is 1. The summed E-state index contributed by atoms with van der Waals surface area (Å²) in [7, 11) is 1.46. The van der Waals surface area contributed by atoms with Crippen molar-refractivity contribution in [2.75, 3.05) is 20.3 Å². The molecule has 2 aromatic rings. The van der Waals surface area contributed by atoms with Crippen molar-refractivity contribution in [1.82, 2.24) is 0 Å². The highest BCUT2D eigenvalue weighted by atomic mass is 16.6. The molecule has 166 valence electrons. The highest BCUT2D eigenvalue weighted by Gasteiger charge is 2.24. The van der Waals surface area contributed by atoms with E-state index in [9.17, 15) is 14.7 Å². The number of aryl methyl sites for hydroxylation is 1.